The van der Waals surface area contributed by atoms with Gasteiger partial charge >= 0.3 is 0 Å². The zero-order valence-electron chi connectivity index (χ0n) is 17.7. The largest absolute Gasteiger partial charge is 0.453 e. The van der Waals surface area contributed by atoms with Crippen molar-refractivity contribution in [1.82, 2.24) is 9.88 Å². The molecule has 164 valence electrons. The van der Waals surface area contributed by atoms with E-state index in [9.17, 15) is 9.50 Å². The number of aliphatic hydroxyl groups is 1. The van der Waals surface area contributed by atoms with Gasteiger partial charge in [-0.2, -0.15) is 0 Å². The Morgan fingerprint density at radius 1 is 1.16 bits per heavy atom. The van der Waals surface area contributed by atoms with E-state index in [1.807, 2.05) is 13.0 Å². The molecule has 0 saturated carbocycles. The number of nitrogens with zero attached hydrogens (tertiary/aromatic N) is 2. The smallest absolute Gasteiger partial charge is 0.167 e. The first-order chi connectivity index (χ1) is 15.4. The van der Waals surface area contributed by atoms with Gasteiger partial charge in [-0.25, -0.2) is 4.39 Å². The number of nitrogen functional groups attached to an aromatic ring is 1. The Balaban J connectivity index is 1.40. The molecule has 4 aromatic rings. The van der Waals surface area contributed by atoms with E-state index in [1.165, 1.54) is 12.1 Å². The van der Waals surface area contributed by atoms with Crippen LogP contribution in [0.2, 0.25) is 0 Å². The number of pyridine rings is 1. The number of hydrogen-bond acceptors (Lipinski definition) is 6. The van der Waals surface area contributed by atoms with E-state index in [4.69, 9.17) is 10.5 Å². The van der Waals surface area contributed by atoms with Gasteiger partial charge in [-0.3, -0.25) is 9.88 Å². The van der Waals surface area contributed by atoms with Crippen LogP contribution in [-0.4, -0.2) is 27.3 Å². The standard InChI is InChI=1S/C25H24FN3O2S/c1-25(30)10-2-12-29(25)15-16-3-5-17(6-4-16)23-14-20-24(32-23)22(9-11-28-20)31-21-8-7-18(27)13-19(21)26/h3-9,11,13-14,30H,2,10,12,15,27H2,1H3. The highest BCUT2D eigenvalue weighted by Crippen LogP contribution is 2.40. The van der Waals surface area contributed by atoms with Crippen molar-refractivity contribution in [3.05, 3.63) is 72.2 Å². The van der Waals surface area contributed by atoms with Crippen molar-refractivity contribution in [2.24, 2.45) is 0 Å². The zero-order chi connectivity index (χ0) is 22.3. The number of anilines is 1. The number of likely N-dealkylation sites (tertiary alicyclic amines) is 1. The number of hydrogen-bond donors (Lipinski definition) is 2. The topological polar surface area (TPSA) is 71.6 Å². The lowest BCUT2D eigenvalue weighted by molar-refractivity contribution is -0.0687. The fraction of sp³-hybridized carbons (Fsp3) is 0.240. The summed E-state index contributed by atoms with van der Waals surface area (Å²) in [5.41, 5.74) is 8.30. The van der Waals surface area contributed by atoms with Crippen LogP contribution in [0.15, 0.2) is 60.8 Å². The molecule has 0 aliphatic carbocycles. The number of halogens is 1. The van der Waals surface area contributed by atoms with Crippen molar-refractivity contribution >= 4 is 27.2 Å². The Hall–Kier alpha value is -3.00. The molecular formula is C25H24FN3O2S. The molecule has 1 aliphatic rings. The molecule has 2 aromatic heterocycles. The van der Waals surface area contributed by atoms with Gasteiger partial charge in [0.25, 0.3) is 0 Å². The third-order valence-corrected chi connectivity index (χ3v) is 7.11. The molecule has 0 amide bonds. The van der Waals surface area contributed by atoms with Gasteiger partial charge in [-0.1, -0.05) is 24.3 Å². The zero-order valence-corrected chi connectivity index (χ0v) is 18.5. The van der Waals surface area contributed by atoms with E-state index in [1.54, 1.807) is 29.7 Å². The van der Waals surface area contributed by atoms with Crippen molar-refractivity contribution in [1.29, 1.82) is 0 Å². The Morgan fingerprint density at radius 2 is 1.97 bits per heavy atom. The molecule has 0 spiro atoms. The number of rotatable bonds is 5. The van der Waals surface area contributed by atoms with Gasteiger partial charge in [0, 0.05) is 42.0 Å². The number of nitrogens with two attached hydrogens (primary N) is 1. The second-order valence-electron chi connectivity index (χ2n) is 8.37. The van der Waals surface area contributed by atoms with E-state index in [0.717, 1.165) is 52.2 Å². The molecule has 5 rings (SSSR count). The molecule has 5 nitrogen and oxygen atoms in total. The molecule has 3 N–H and O–H groups in total. The van der Waals surface area contributed by atoms with E-state index in [2.05, 4.69) is 34.1 Å². The van der Waals surface area contributed by atoms with Crippen LogP contribution < -0.4 is 10.5 Å². The molecule has 7 heteroatoms. The highest BCUT2D eigenvalue weighted by molar-refractivity contribution is 7.22. The van der Waals surface area contributed by atoms with Crippen molar-refractivity contribution in [3.63, 3.8) is 0 Å². The lowest BCUT2D eigenvalue weighted by Crippen LogP contribution is -2.40. The maximum absolute atomic E-state index is 14.2. The average molecular weight is 450 g/mol. The fourth-order valence-electron chi connectivity index (χ4n) is 4.10. The Bertz CT molecular complexity index is 1270. The molecular weight excluding hydrogens is 425 g/mol. The third-order valence-electron chi connectivity index (χ3n) is 5.92. The van der Waals surface area contributed by atoms with Gasteiger partial charge < -0.3 is 15.6 Å². The van der Waals surface area contributed by atoms with Crippen molar-refractivity contribution in [2.75, 3.05) is 12.3 Å². The minimum Gasteiger partial charge on any atom is -0.453 e. The lowest BCUT2D eigenvalue weighted by atomic mass is 10.1. The van der Waals surface area contributed by atoms with Crippen LogP contribution in [0.4, 0.5) is 10.1 Å². The van der Waals surface area contributed by atoms with Crippen LogP contribution in [0, 0.1) is 5.82 Å². The molecule has 1 aliphatic heterocycles. The summed E-state index contributed by atoms with van der Waals surface area (Å²) in [7, 11) is 0. The van der Waals surface area contributed by atoms with Crippen LogP contribution in [0.25, 0.3) is 20.7 Å². The van der Waals surface area contributed by atoms with Crippen LogP contribution in [-0.2, 0) is 6.54 Å². The SMILES string of the molecule is CC1(O)CCCN1Cc1ccc(-c2cc3nccc(Oc4ccc(N)cc4F)c3s2)cc1. The first-order valence-corrected chi connectivity index (χ1v) is 11.4. The number of benzene rings is 2. The van der Waals surface area contributed by atoms with Crippen LogP contribution in [0.3, 0.4) is 0 Å². The fourth-order valence-corrected chi connectivity index (χ4v) is 5.17. The number of fused-ring (bicyclic) bond motifs is 1. The molecule has 1 unspecified atom stereocenters. The molecule has 1 atom stereocenters. The molecule has 32 heavy (non-hydrogen) atoms. The van der Waals surface area contributed by atoms with Crippen LogP contribution in [0.1, 0.15) is 25.3 Å². The summed E-state index contributed by atoms with van der Waals surface area (Å²) in [5, 5.41) is 10.5. The highest BCUT2D eigenvalue weighted by Gasteiger charge is 2.33. The molecule has 0 radical (unpaired) electrons. The first kappa shape index (κ1) is 20.9. The summed E-state index contributed by atoms with van der Waals surface area (Å²) in [6, 6.07) is 16.5. The summed E-state index contributed by atoms with van der Waals surface area (Å²) in [6.45, 7) is 3.52. The molecule has 1 fully saturated rings. The summed E-state index contributed by atoms with van der Waals surface area (Å²) >= 11 is 1.56. The quantitative estimate of drug-likeness (QED) is 0.378. The van der Waals surface area contributed by atoms with Gasteiger partial charge in [0.2, 0.25) is 0 Å². The predicted octanol–water partition coefficient (Wildman–Crippen LogP) is 5.78. The van der Waals surface area contributed by atoms with Gasteiger partial charge in [-0.15, -0.1) is 11.3 Å². The highest BCUT2D eigenvalue weighted by atomic mass is 32.1. The van der Waals surface area contributed by atoms with Gasteiger partial charge in [-0.05, 0) is 49.1 Å². The number of ether oxygens (including phenoxy) is 1. The summed E-state index contributed by atoms with van der Waals surface area (Å²) < 4.78 is 20.9. The van der Waals surface area contributed by atoms with Gasteiger partial charge in [0.1, 0.15) is 11.5 Å². The predicted molar refractivity (Wildman–Crippen MR) is 126 cm³/mol. The second kappa shape index (κ2) is 8.16. The van der Waals surface area contributed by atoms with E-state index in [-0.39, 0.29) is 5.75 Å². The molecule has 0 bridgehead atoms. The number of aromatic nitrogens is 1. The maximum Gasteiger partial charge on any atom is 0.167 e. The third kappa shape index (κ3) is 4.07. The normalized spacial score (nSPS) is 19.0. The van der Waals surface area contributed by atoms with Crippen LogP contribution >= 0.6 is 11.3 Å². The minimum atomic E-state index is -0.726. The molecule has 3 heterocycles. The van der Waals surface area contributed by atoms with Crippen molar-refractivity contribution < 1.29 is 14.2 Å². The maximum atomic E-state index is 14.2. The van der Waals surface area contributed by atoms with Gasteiger partial charge in [0.15, 0.2) is 11.6 Å². The number of thiophene rings is 1. The molecule has 2 aromatic carbocycles. The van der Waals surface area contributed by atoms with E-state index in [0.29, 0.717) is 11.4 Å². The lowest BCUT2D eigenvalue weighted by Gasteiger charge is -2.29. The molecule has 1 saturated heterocycles. The van der Waals surface area contributed by atoms with E-state index >= 15 is 0 Å². The summed E-state index contributed by atoms with van der Waals surface area (Å²) in [6.07, 6.45) is 3.49. The Labute approximate surface area is 189 Å². The van der Waals surface area contributed by atoms with Gasteiger partial charge in [0.05, 0.1) is 10.2 Å². The Morgan fingerprint density at radius 3 is 2.69 bits per heavy atom. The summed E-state index contributed by atoms with van der Waals surface area (Å²) in [5.74, 6) is 0.186. The van der Waals surface area contributed by atoms with E-state index < -0.39 is 11.5 Å². The first-order valence-electron chi connectivity index (χ1n) is 10.6. The van der Waals surface area contributed by atoms with Crippen molar-refractivity contribution in [3.8, 4) is 21.9 Å². The monoisotopic (exact) mass is 449 g/mol. The second-order valence-corrected chi connectivity index (χ2v) is 9.42. The minimum absolute atomic E-state index is 0.129. The average Bonchev–Trinajstić information content (AvgIpc) is 3.34. The van der Waals surface area contributed by atoms with Crippen LogP contribution in [0.5, 0.6) is 11.5 Å². The van der Waals surface area contributed by atoms with Crippen molar-refractivity contribution in [2.45, 2.75) is 32.0 Å². The summed E-state index contributed by atoms with van der Waals surface area (Å²) in [4.78, 5) is 7.62. The Kier molecular flexibility index (Phi) is 5.33.